The first kappa shape index (κ1) is 15.1. The summed E-state index contributed by atoms with van der Waals surface area (Å²) in [5, 5.41) is 8.81. The van der Waals surface area contributed by atoms with Crippen molar-refractivity contribution in [3.63, 3.8) is 0 Å². The van der Waals surface area contributed by atoms with Gasteiger partial charge in [-0.05, 0) is 20.8 Å². The summed E-state index contributed by atoms with van der Waals surface area (Å²) in [4.78, 5) is 30.0. The van der Waals surface area contributed by atoms with Crippen molar-refractivity contribution in [2.24, 2.45) is 0 Å². The molecule has 0 spiro atoms. The summed E-state index contributed by atoms with van der Waals surface area (Å²) in [6.07, 6.45) is 0.763. The second-order valence-electron chi connectivity index (χ2n) is 5.77. The molecule has 0 aromatic carbocycles. The molecule has 1 N–H and O–H groups in total. The zero-order chi connectivity index (χ0) is 15.6. The highest BCUT2D eigenvalue weighted by Crippen LogP contribution is 2.17. The maximum atomic E-state index is 11.9. The van der Waals surface area contributed by atoms with Crippen LogP contribution in [0.2, 0.25) is 0 Å². The molecule has 1 amide bonds. The molecule has 0 atom stereocenters. The quantitative estimate of drug-likeness (QED) is 0.882. The minimum Gasteiger partial charge on any atom is -0.476 e. The highest BCUT2D eigenvalue weighted by atomic mass is 16.6. The number of amides is 1. The number of ether oxygens (including phenoxy) is 1. The summed E-state index contributed by atoms with van der Waals surface area (Å²) in [6.45, 7) is 7.43. The number of piperazine rings is 1. The largest absolute Gasteiger partial charge is 0.476 e. The summed E-state index contributed by atoms with van der Waals surface area (Å²) in [7, 11) is 0. The van der Waals surface area contributed by atoms with Gasteiger partial charge in [0.15, 0.2) is 5.69 Å². The molecule has 8 nitrogen and oxygen atoms in total. The van der Waals surface area contributed by atoms with Crippen molar-refractivity contribution in [2.75, 3.05) is 31.1 Å². The first-order valence-electron chi connectivity index (χ1n) is 6.68. The van der Waals surface area contributed by atoms with Crippen LogP contribution in [0.25, 0.3) is 0 Å². The van der Waals surface area contributed by atoms with Gasteiger partial charge < -0.3 is 24.1 Å². The molecule has 0 radical (unpaired) electrons. The average Bonchev–Trinajstić information content (AvgIpc) is 2.86. The predicted octanol–water partition coefficient (Wildman–Crippen LogP) is 1.43. The van der Waals surface area contributed by atoms with Crippen molar-refractivity contribution >= 4 is 18.1 Å². The minimum absolute atomic E-state index is 0.125. The lowest BCUT2D eigenvalue weighted by atomic mass is 10.2. The van der Waals surface area contributed by atoms with Crippen LogP contribution in [-0.4, -0.2) is 58.8 Å². The van der Waals surface area contributed by atoms with Gasteiger partial charge in [0.2, 0.25) is 0 Å². The molecular formula is C13H19N3O5. The first-order chi connectivity index (χ1) is 9.76. The summed E-state index contributed by atoms with van der Waals surface area (Å²) in [5.41, 5.74) is -0.646. The Balaban J connectivity index is 1.90. The average molecular weight is 297 g/mol. The van der Waals surface area contributed by atoms with Gasteiger partial charge in [-0.2, -0.15) is 4.98 Å². The number of carboxylic acid groups (broad SMARTS) is 1. The highest BCUT2D eigenvalue weighted by Gasteiger charge is 2.27. The summed E-state index contributed by atoms with van der Waals surface area (Å²) < 4.78 is 10.4. The fourth-order valence-electron chi connectivity index (χ4n) is 1.91. The lowest BCUT2D eigenvalue weighted by Gasteiger charge is -2.34. The lowest BCUT2D eigenvalue weighted by molar-refractivity contribution is 0.0238. The Morgan fingerprint density at radius 2 is 1.90 bits per heavy atom. The topological polar surface area (TPSA) is 96.1 Å². The number of carboxylic acids is 1. The van der Waals surface area contributed by atoms with E-state index < -0.39 is 11.6 Å². The second kappa shape index (κ2) is 5.63. The van der Waals surface area contributed by atoms with E-state index >= 15 is 0 Å². The number of oxazole rings is 1. The molecule has 116 valence electrons. The molecule has 1 aromatic heterocycles. The Morgan fingerprint density at radius 1 is 1.29 bits per heavy atom. The maximum absolute atomic E-state index is 11.9. The Kier molecular flexibility index (Phi) is 4.06. The minimum atomic E-state index is -1.13. The number of hydrogen-bond donors (Lipinski definition) is 1. The van der Waals surface area contributed by atoms with E-state index in [1.165, 1.54) is 0 Å². The smallest absolute Gasteiger partial charge is 0.410 e. The van der Waals surface area contributed by atoms with Crippen LogP contribution in [0.1, 0.15) is 31.3 Å². The van der Waals surface area contributed by atoms with Gasteiger partial charge in [0.25, 0.3) is 6.01 Å². The van der Waals surface area contributed by atoms with Crippen LogP contribution in [0, 0.1) is 0 Å². The summed E-state index contributed by atoms with van der Waals surface area (Å²) >= 11 is 0. The number of nitrogens with zero attached hydrogens (tertiary/aromatic N) is 3. The van der Waals surface area contributed by atoms with E-state index in [-0.39, 0.29) is 17.8 Å². The molecular weight excluding hydrogens is 278 g/mol. The first-order valence-corrected chi connectivity index (χ1v) is 6.68. The van der Waals surface area contributed by atoms with E-state index in [1.54, 1.807) is 9.80 Å². The molecule has 0 aliphatic carbocycles. The summed E-state index contributed by atoms with van der Waals surface area (Å²) in [5.74, 6) is -1.13. The van der Waals surface area contributed by atoms with Gasteiger partial charge in [-0.1, -0.05) is 0 Å². The van der Waals surface area contributed by atoms with Crippen molar-refractivity contribution in [1.82, 2.24) is 9.88 Å². The van der Waals surface area contributed by atoms with E-state index in [0.717, 1.165) is 6.26 Å². The lowest BCUT2D eigenvalue weighted by Crippen LogP contribution is -2.50. The van der Waals surface area contributed by atoms with Gasteiger partial charge in [0.1, 0.15) is 11.9 Å². The standard InChI is InChI=1S/C13H19N3O5/c1-13(2,3)21-12(19)16-6-4-15(5-7-16)11-14-9(8-20-11)10(17)18/h8H,4-7H2,1-3H3,(H,17,18). The van der Waals surface area contributed by atoms with Gasteiger partial charge in [0, 0.05) is 26.2 Å². The van der Waals surface area contributed by atoms with Crippen LogP contribution in [0.5, 0.6) is 0 Å². The fraction of sp³-hybridized carbons (Fsp3) is 0.615. The zero-order valence-electron chi connectivity index (χ0n) is 12.3. The molecule has 0 saturated carbocycles. The van der Waals surface area contributed by atoms with E-state index in [0.29, 0.717) is 26.2 Å². The number of hydrogen-bond acceptors (Lipinski definition) is 6. The molecule has 21 heavy (non-hydrogen) atoms. The summed E-state index contributed by atoms with van der Waals surface area (Å²) in [6, 6.07) is 0.260. The van der Waals surface area contributed by atoms with Crippen LogP contribution >= 0.6 is 0 Å². The SMILES string of the molecule is CC(C)(C)OC(=O)N1CCN(c2nc(C(=O)O)co2)CC1. The van der Waals surface area contributed by atoms with E-state index in [2.05, 4.69) is 4.98 Å². The Labute approximate surface area is 122 Å². The van der Waals surface area contributed by atoms with Gasteiger partial charge in [0.05, 0.1) is 0 Å². The zero-order valence-corrected chi connectivity index (χ0v) is 12.3. The molecule has 1 aromatic rings. The number of aromatic carboxylic acids is 1. The highest BCUT2D eigenvalue weighted by molar-refractivity contribution is 5.85. The van der Waals surface area contributed by atoms with Crippen molar-refractivity contribution in [3.8, 4) is 0 Å². The maximum Gasteiger partial charge on any atom is 0.410 e. The van der Waals surface area contributed by atoms with E-state index in [9.17, 15) is 9.59 Å². The monoisotopic (exact) mass is 297 g/mol. The van der Waals surface area contributed by atoms with Gasteiger partial charge in [-0.3, -0.25) is 0 Å². The third kappa shape index (κ3) is 3.87. The molecule has 2 rings (SSSR count). The van der Waals surface area contributed by atoms with Crippen LogP contribution in [0.15, 0.2) is 10.7 Å². The van der Waals surface area contributed by atoms with Crippen LogP contribution in [0.4, 0.5) is 10.8 Å². The predicted molar refractivity (Wildman–Crippen MR) is 73.5 cm³/mol. The number of carbonyl (C=O) groups excluding carboxylic acids is 1. The second-order valence-corrected chi connectivity index (χ2v) is 5.77. The number of anilines is 1. The Hall–Kier alpha value is -2.25. The Morgan fingerprint density at radius 3 is 2.38 bits per heavy atom. The van der Waals surface area contributed by atoms with Gasteiger partial charge >= 0.3 is 12.1 Å². The van der Waals surface area contributed by atoms with Crippen LogP contribution < -0.4 is 4.90 Å². The van der Waals surface area contributed by atoms with Crippen molar-refractivity contribution in [3.05, 3.63) is 12.0 Å². The normalized spacial score (nSPS) is 16.0. The number of rotatable bonds is 2. The Bertz CT molecular complexity index is 526. The molecule has 1 fully saturated rings. The third-order valence-electron chi connectivity index (χ3n) is 2.91. The molecule has 2 heterocycles. The molecule has 0 unspecified atom stereocenters. The molecule has 1 aliphatic rings. The van der Waals surface area contributed by atoms with Gasteiger partial charge in [-0.25, -0.2) is 9.59 Å². The fourth-order valence-corrected chi connectivity index (χ4v) is 1.91. The van der Waals surface area contributed by atoms with Crippen molar-refractivity contribution < 1.29 is 23.8 Å². The van der Waals surface area contributed by atoms with Gasteiger partial charge in [-0.15, -0.1) is 0 Å². The number of aromatic nitrogens is 1. The van der Waals surface area contributed by atoms with Crippen molar-refractivity contribution in [1.29, 1.82) is 0 Å². The van der Waals surface area contributed by atoms with Crippen molar-refractivity contribution in [2.45, 2.75) is 26.4 Å². The van der Waals surface area contributed by atoms with Crippen LogP contribution in [0.3, 0.4) is 0 Å². The molecule has 1 aliphatic heterocycles. The molecule has 8 heteroatoms. The third-order valence-corrected chi connectivity index (χ3v) is 2.91. The number of carbonyl (C=O) groups is 2. The van der Waals surface area contributed by atoms with E-state index in [4.69, 9.17) is 14.3 Å². The molecule has 0 bridgehead atoms. The van der Waals surface area contributed by atoms with Crippen LogP contribution in [-0.2, 0) is 4.74 Å². The van der Waals surface area contributed by atoms with E-state index in [1.807, 2.05) is 20.8 Å². The molecule has 1 saturated heterocycles.